The van der Waals surface area contributed by atoms with Crippen LogP contribution < -0.4 is 4.74 Å². The molecule has 2 aliphatic heterocycles. The maximum Gasteiger partial charge on any atom is 0.226 e. The van der Waals surface area contributed by atoms with E-state index in [0.717, 1.165) is 85.7 Å². The fraction of sp³-hybridized carbons (Fsp3) is 0.625. The molecule has 164 valence electrons. The van der Waals surface area contributed by atoms with E-state index in [0.29, 0.717) is 5.89 Å². The Morgan fingerprint density at radius 2 is 1.87 bits per heavy atom. The topological polar surface area (TPSA) is 51.0 Å². The Bertz CT molecular complexity index is 858. The average Bonchev–Trinajstić information content (AvgIpc) is 3.10. The minimum Gasteiger partial charge on any atom is -0.496 e. The van der Waals surface area contributed by atoms with Crippen LogP contribution in [0.2, 0.25) is 0 Å². The van der Waals surface area contributed by atoms with Gasteiger partial charge in [0.25, 0.3) is 0 Å². The largest absolute Gasteiger partial charge is 0.496 e. The molecule has 30 heavy (non-hydrogen) atoms. The molecule has 0 bridgehead atoms. The van der Waals surface area contributed by atoms with Crippen molar-refractivity contribution in [2.45, 2.75) is 40.2 Å². The van der Waals surface area contributed by atoms with E-state index in [9.17, 15) is 0 Å². The number of aryl methyl sites for hydroxylation is 3. The van der Waals surface area contributed by atoms with Crippen molar-refractivity contribution in [2.24, 2.45) is 5.92 Å². The Balaban J connectivity index is 1.43. The zero-order valence-electron chi connectivity index (χ0n) is 18.9. The van der Waals surface area contributed by atoms with Crippen LogP contribution in [0.25, 0.3) is 11.5 Å². The van der Waals surface area contributed by atoms with Gasteiger partial charge in [0, 0.05) is 38.3 Å². The van der Waals surface area contributed by atoms with Crippen LogP contribution in [-0.2, 0) is 11.3 Å². The number of likely N-dealkylation sites (tertiary alicyclic amines) is 1. The molecule has 6 heteroatoms. The lowest BCUT2D eigenvalue weighted by Gasteiger charge is -2.36. The summed E-state index contributed by atoms with van der Waals surface area (Å²) in [5.74, 6) is 3.27. The summed E-state index contributed by atoms with van der Waals surface area (Å²) in [5, 5.41) is 0. The lowest BCUT2D eigenvalue weighted by molar-refractivity contribution is 0.0223. The van der Waals surface area contributed by atoms with Crippen LogP contribution >= 0.6 is 0 Å². The number of aromatic nitrogens is 1. The van der Waals surface area contributed by atoms with E-state index in [1.807, 2.05) is 6.92 Å². The number of hydrogen-bond acceptors (Lipinski definition) is 6. The maximum absolute atomic E-state index is 6.10. The highest BCUT2D eigenvalue weighted by atomic mass is 16.5. The first-order chi connectivity index (χ1) is 14.5. The van der Waals surface area contributed by atoms with E-state index in [1.54, 1.807) is 7.11 Å². The lowest BCUT2D eigenvalue weighted by atomic mass is 9.97. The van der Waals surface area contributed by atoms with Gasteiger partial charge >= 0.3 is 0 Å². The number of oxazole rings is 1. The highest BCUT2D eigenvalue weighted by molar-refractivity contribution is 5.62. The van der Waals surface area contributed by atoms with Crippen LogP contribution in [0.5, 0.6) is 5.75 Å². The molecule has 2 fully saturated rings. The molecule has 2 aromatic rings. The Labute approximate surface area is 180 Å². The minimum atomic E-state index is 0.715. The quantitative estimate of drug-likeness (QED) is 0.718. The van der Waals surface area contributed by atoms with Crippen molar-refractivity contribution < 1.29 is 13.9 Å². The van der Waals surface area contributed by atoms with E-state index >= 15 is 0 Å². The molecule has 0 N–H and O–H groups in total. The predicted octanol–water partition coefficient (Wildman–Crippen LogP) is 3.82. The Kier molecular flexibility index (Phi) is 6.76. The summed E-state index contributed by atoms with van der Waals surface area (Å²) in [5.41, 5.74) is 4.32. The van der Waals surface area contributed by atoms with E-state index in [1.165, 1.54) is 19.4 Å². The molecule has 1 aromatic carbocycles. The van der Waals surface area contributed by atoms with E-state index in [4.69, 9.17) is 18.9 Å². The number of nitrogens with zero attached hydrogens (tertiary/aromatic N) is 3. The molecule has 0 radical (unpaired) electrons. The van der Waals surface area contributed by atoms with Gasteiger partial charge in [0.1, 0.15) is 11.5 Å². The zero-order valence-corrected chi connectivity index (χ0v) is 18.9. The molecule has 0 aliphatic carbocycles. The molecular formula is C24H35N3O3. The zero-order chi connectivity index (χ0) is 21.1. The van der Waals surface area contributed by atoms with Gasteiger partial charge in [-0.3, -0.25) is 9.80 Å². The molecule has 4 rings (SSSR count). The first-order valence-corrected chi connectivity index (χ1v) is 11.2. The van der Waals surface area contributed by atoms with Crippen LogP contribution in [0.3, 0.4) is 0 Å². The molecular weight excluding hydrogens is 378 g/mol. The van der Waals surface area contributed by atoms with Crippen LogP contribution in [0.4, 0.5) is 0 Å². The summed E-state index contributed by atoms with van der Waals surface area (Å²) in [6, 6.07) is 4.17. The van der Waals surface area contributed by atoms with E-state index < -0.39 is 0 Å². The first kappa shape index (κ1) is 21.3. The van der Waals surface area contributed by atoms with Gasteiger partial charge in [0.2, 0.25) is 5.89 Å². The van der Waals surface area contributed by atoms with E-state index in [-0.39, 0.29) is 0 Å². The van der Waals surface area contributed by atoms with Gasteiger partial charge in [-0.25, -0.2) is 4.98 Å². The number of methoxy groups -OCH3 is 1. The molecule has 1 aromatic heterocycles. The molecule has 6 nitrogen and oxygen atoms in total. The van der Waals surface area contributed by atoms with E-state index in [2.05, 4.69) is 35.8 Å². The summed E-state index contributed by atoms with van der Waals surface area (Å²) < 4.78 is 17.0. The lowest BCUT2D eigenvalue weighted by Crippen LogP contribution is -2.44. The van der Waals surface area contributed by atoms with Gasteiger partial charge in [0.15, 0.2) is 0 Å². The van der Waals surface area contributed by atoms with Crippen LogP contribution in [0.1, 0.15) is 35.4 Å². The molecule has 3 heterocycles. The van der Waals surface area contributed by atoms with Crippen LogP contribution in [0, 0.1) is 26.7 Å². The maximum atomic E-state index is 6.10. The Morgan fingerprint density at radius 1 is 1.07 bits per heavy atom. The standard InChI is InChI=1S/C24H35N3O3/c1-17-13-23(28-4)18(2)12-21(17)24-25-22(19(3)30-24)16-27-7-5-6-20(15-27)14-26-8-10-29-11-9-26/h12-13,20H,5-11,14-16H2,1-4H3/t20-/m0/s1. The number of hydrogen-bond donors (Lipinski definition) is 0. The van der Waals surface area contributed by atoms with Crippen molar-refractivity contribution in [3.63, 3.8) is 0 Å². The van der Waals surface area contributed by atoms with Gasteiger partial charge in [-0.05, 0) is 69.3 Å². The van der Waals surface area contributed by atoms with Gasteiger partial charge < -0.3 is 13.9 Å². The molecule has 0 saturated carbocycles. The number of ether oxygens (including phenoxy) is 2. The minimum absolute atomic E-state index is 0.715. The Morgan fingerprint density at radius 3 is 2.63 bits per heavy atom. The van der Waals surface area contributed by atoms with Gasteiger partial charge in [0.05, 0.1) is 26.0 Å². The summed E-state index contributed by atoms with van der Waals surface area (Å²) in [7, 11) is 1.71. The van der Waals surface area contributed by atoms with Crippen molar-refractivity contribution in [2.75, 3.05) is 53.0 Å². The third kappa shape index (κ3) is 4.88. The number of piperidine rings is 1. The SMILES string of the molecule is COc1cc(C)c(-c2nc(CN3CCC[C@@H](CN4CCOCC4)C3)c(C)o2)cc1C. The summed E-state index contributed by atoms with van der Waals surface area (Å²) in [6.07, 6.45) is 2.58. The fourth-order valence-electron chi connectivity index (χ4n) is 4.73. The van der Waals surface area contributed by atoms with Crippen molar-refractivity contribution in [1.82, 2.24) is 14.8 Å². The molecule has 2 aliphatic rings. The second-order valence-electron chi connectivity index (χ2n) is 8.81. The molecule has 1 atom stereocenters. The van der Waals surface area contributed by atoms with Crippen molar-refractivity contribution >= 4 is 0 Å². The summed E-state index contributed by atoms with van der Waals surface area (Å²) in [6.45, 7) is 14.4. The fourth-order valence-corrected chi connectivity index (χ4v) is 4.73. The van der Waals surface area contributed by atoms with Crippen molar-refractivity contribution in [3.05, 3.63) is 34.7 Å². The highest BCUT2D eigenvalue weighted by Crippen LogP contribution is 2.31. The molecule has 0 amide bonds. The third-order valence-corrected chi connectivity index (χ3v) is 6.46. The number of rotatable bonds is 6. The average molecular weight is 414 g/mol. The van der Waals surface area contributed by atoms with Gasteiger partial charge in [-0.1, -0.05) is 0 Å². The normalized spacial score (nSPS) is 21.1. The number of morpholine rings is 1. The predicted molar refractivity (Wildman–Crippen MR) is 118 cm³/mol. The molecule has 0 spiro atoms. The highest BCUT2D eigenvalue weighted by Gasteiger charge is 2.25. The smallest absolute Gasteiger partial charge is 0.226 e. The van der Waals surface area contributed by atoms with Crippen molar-refractivity contribution in [3.8, 4) is 17.2 Å². The second-order valence-corrected chi connectivity index (χ2v) is 8.81. The molecule has 0 unspecified atom stereocenters. The van der Waals surface area contributed by atoms with Gasteiger partial charge in [-0.15, -0.1) is 0 Å². The molecule has 2 saturated heterocycles. The summed E-state index contributed by atoms with van der Waals surface area (Å²) >= 11 is 0. The van der Waals surface area contributed by atoms with Gasteiger partial charge in [-0.2, -0.15) is 0 Å². The van der Waals surface area contributed by atoms with Crippen LogP contribution in [-0.4, -0.2) is 67.8 Å². The monoisotopic (exact) mass is 413 g/mol. The summed E-state index contributed by atoms with van der Waals surface area (Å²) in [4.78, 5) is 10.0. The third-order valence-electron chi connectivity index (χ3n) is 6.46. The number of benzene rings is 1. The Hall–Kier alpha value is -1.89. The second kappa shape index (κ2) is 9.50. The van der Waals surface area contributed by atoms with Crippen LogP contribution in [0.15, 0.2) is 16.5 Å². The van der Waals surface area contributed by atoms with Crippen molar-refractivity contribution in [1.29, 1.82) is 0 Å². The first-order valence-electron chi connectivity index (χ1n) is 11.2.